The summed E-state index contributed by atoms with van der Waals surface area (Å²) in [5, 5.41) is 17.7. The van der Waals surface area contributed by atoms with Crippen LogP contribution in [0.5, 0.6) is 0 Å². The van der Waals surface area contributed by atoms with E-state index in [4.69, 9.17) is 21.0 Å². The summed E-state index contributed by atoms with van der Waals surface area (Å²) in [5.41, 5.74) is 7.81. The van der Waals surface area contributed by atoms with Crippen LogP contribution in [0.1, 0.15) is 52.7 Å². The molecule has 2 amide bonds. The van der Waals surface area contributed by atoms with Crippen LogP contribution >= 0.6 is 0 Å². The van der Waals surface area contributed by atoms with Gasteiger partial charge < -0.3 is 21.1 Å². The van der Waals surface area contributed by atoms with E-state index in [9.17, 15) is 18.0 Å². The Labute approximate surface area is 259 Å². The molecule has 0 saturated carbocycles. The third kappa shape index (κ3) is 11.3. The summed E-state index contributed by atoms with van der Waals surface area (Å²) in [6, 6.07) is 20.4. The molecule has 0 radical (unpaired) electrons. The van der Waals surface area contributed by atoms with E-state index in [2.05, 4.69) is 10.0 Å². The molecule has 12 heteroatoms. The smallest absolute Gasteiger partial charge is 0.313 e. The first-order valence-electron chi connectivity index (χ1n) is 13.9. The lowest BCUT2D eigenvalue weighted by atomic mass is 10.1. The number of nitrogens with zero attached hydrogens (tertiary/aromatic N) is 1. The van der Waals surface area contributed by atoms with Gasteiger partial charge in [0, 0.05) is 42.4 Å². The number of carbonyl (C=O) groups excluding carboxylic acids is 2. The highest BCUT2D eigenvalue weighted by Crippen LogP contribution is 2.29. The lowest BCUT2D eigenvalue weighted by Gasteiger charge is -2.24. The van der Waals surface area contributed by atoms with Crippen LogP contribution < -0.4 is 15.8 Å². The Kier molecular flexibility index (Phi) is 12.4. The van der Waals surface area contributed by atoms with Gasteiger partial charge in [0.1, 0.15) is 5.84 Å². The Morgan fingerprint density at radius 1 is 0.977 bits per heavy atom. The van der Waals surface area contributed by atoms with Gasteiger partial charge in [0.25, 0.3) is 5.97 Å². The lowest BCUT2D eigenvalue weighted by molar-refractivity contribution is -0.143. The van der Waals surface area contributed by atoms with E-state index in [-0.39, 0.29) is 23.2 Å². The van der Waals surface area contributed by atoms with Gasteiger partial charge in [-0.05, 0) is 62.1 Å². The number of amidine groups is 1. The summed E-state index contributed by atoms with van der Waals surface area (Å²) in [6.07, 6.45) is 0. The average Bonchev–Trinajstić information content (AvgIpc) is 2.91. The molecule has 0 fully saturated rings. The van der Waals surface area contributed by atoms with Gasteiger partial charge in [0.05, 0.1) is 4.90 Å². The van der Waals surface area contributed by atoms with Crippen molar-refractivity contribution in [2.45, 2.75) is 58.5 Å². The van der Waals surface area contributed by atoms with Gasteiger partial charge in [-0.2, -0.15) is 0 Å². The Hall–Kier alpha value is -4.55. The molecule has 0 heterocycles. The molecular weight excluding hydrogens is 582 g/mol. The van der Waals surface area contributed by atoms with Crippen molar-refractivity contribution < 1.29 is 27.9 Å². The zero-order valence-corrected chi connectivity index (χ0v) is 26.7. The topological polar surface area (TPSA) is 183 Å². The van der Waals surface area contributed by atoms with E-state index >= 15 is 0 Å². The number of nitrogens with one attached hydrogen (secondary N) is 3. The van der Waals surface area contributed by atoms with Crippen molar-refractivity contribution in [1.29, 1.82) is 5.41 Å². The summed E-state index contributed by atoms with van der Waals surface area (Å²) in [4.78, 5) is 36.7. The largest absolute Gasteiger partial charge is 0.481 e. The maximum absolute atomic E-state index is 13.1. The zero-order chi connectivity index (χ0) is 33.2. The number of hydrogen-bond donors (Lipinski definition) is 5. The standard InChI is InChI=1S/C30H37N5O4S.C2H4O2/c1-20(2)18-35(19-21-9-8-10-23(17-21)27(31)32)29(37)28(36)33-24-15-13-22(14-16-24)25-11-6-7-12-26(25)40(38,39)34-30(3,4)5;1-2(3)4/h6-17,20,34H,18-19H2,1-5H3,(H3,31,32)(H,33,36);1H3,(H,3,4). The number of anilines is 1. The van der Waals surface area contributed by atoms with Gasteiger partial charge in [-0.15, -0.1) is 0 Å². The summed E-state index contributed by atoms with van der Waals surface area (Å²) < 4.78 is 28.7. The third-order valence-electron chi connectivity index (χ3n) is 5.75. The van der Waals surface area contributed by atoms with Gasteiger partial charge in [-0.3, -0.25) is 19.8 Å². The molecule has 44 heavy (non-hydrogen) atoms. The molecule has 0 aliphatic carbocycles. The van der Waals surface area contributed by atoms with Crippen LogP contribution in [-0.2, 0) is 31.0 Å². The lowest BCUT2D eigenvalue weighted by Crippen LogP contribution is -2.41. The SMILES string of the molecule is CC(=O)O.CC(C)CN(Cc1cccc(C(=N)N)c1)C(=O)C(=O)Nc1ccc(-c2ccccc2S(=O)(=O)NC(C)(C)C)cc1. The van der Waals surface area contributed by atoms with E-state index in [1.165, 1.54) is 4.90 Å². The van der Waals surface area contributed by atoms with Crippen molar-refractivity contribution in [3.05, 3.63) is 83.9 Å². The van der Waals surface area contributed by atoms with E-state index in [1.54, 1.807) is 87.5 Å². The number of rotatable bonds is 9. The first-order chi connectivity index (χ1) is 20.4. The second-order valence-corrected chi connectivity index (χ2v) is 13.2. The fourth-order valence-corrected chi connectivity index (χ4v) is 5.83. The quantitative estimate of drug-likeness (QED) is 0.133. The van der Waals surface area contributed by atoms with E-state index in [1.807, 2.05) is 19.9 Å². The Balaban J connectivity index is 0.00000159. The molecule has 0 aliphatic heterocycles. The van der Waals surface area contributed by atoms with E-state index in [0.717, 1.165) is 12.5 Å². The second kappa shape index (κ2) is 15.3. The number of nitrogens with two attached hydrogens (primary N) is 1. The van der Waals surface area contributed by atoms with Crippen LogP contribution in [0, 0.1) is 11.3 Å². The number of carbonyl (C=O) groups is 3. The average molecular weight is 624 g/mol. The highest BCUT2D eigenvalue weighted by atomic mass is 32.2. The molecule has 0 aliphatic rings. The van der Waals surface area contributed by atoms with Gasteiger partial charge in [0.15, 0.2) is 0 Å². The van der Waals surface area contributed by atoms with E-state index < -0.39 is 33.3 Å². The summed E-state index contributed by atoms with van der Waals surface area (Å²) in [5.74, 6) is -2.25. The minimum atomic E-state index is -3.78. The van der Waals surface area contributed by atoms with Crippen LogP contribution in [0.15, 0.2) is 77.7 Å². The molecule has 236 valence electrons. The third-order valence-corrected chi connectivity index (χ3v) is 7.57. The van der Waals surface area contributed by atoms with Crippen molar-refractivity contribution in [3.63, 3.8) is 0 Å². The number of aliphatic carboxylic acids is 1. The molecule has 0 bridgehead atoms. The minimum absolute atomic E-state index is 0.0736. The summed E-state index contributed by atoms with van der Waals surface area (Å²) in [6.45, 7) is 10.9. The molecule has 11 nitrogen and oxygen atoms in total. The first kappa shape index (κ1) is 35.6. The number of benzene rings is 3. The molecule has 0 spiro atoms. The Bertz CT molecular complexity index is 1590. The minimum Gasteiger partial charge on any atom is -0.481 e. The predicted octanol–water partition coefficient (Wildman–Crippen LogP) is 4.43. The molecule has 3 aromatic carbocycles. The van der Waals surface area contributed by atoms with Gasteiger partial charge in [-0.1, -0.05) is 62.4 Å². The zero-order valence-electron chi connectivity index (χ0n) is 25.8. The molecule has 3 rings (SSSR count). The Morgan fingerprint density at radius 3 is 2.11 bits per heavy atom. The number of carboxylic acids is 1. The molecule has 0 unspecified atom stereocenters. The number of sulfonamides is 1. The predicted molar refractivity (Wildman–Crippen MR) is 172 cm³/mol. The fraction of sp³-hybridized carbons (Fsp3) is 0.312. The number of amides is 2. The number of nitrogen functional groups attached to an aromatic ring is 1. The molecule has 3 aromatic rings. The fourth-order valence-electron chi connectivity index (χ4n) is 4.18. The normalized spacial score (nSPS) is 11.2. The number of hydrogen-bond acceptors (Lipinski definition) is 6. The summed E-state index contributed by atoms with van der Waals surface area (Å²) >= 11 is 0. The van der Waals surface area contributed by atoms with Crippen molar-refractivity contribution in [2.24, 2.45) is 11.7 Å². The summed E-state index contributed by atoms with van der Waals surface area (Å²) in [7, 11) is -3.78. The first-order valence-corrected chi connectivity index (χ1v) is 15.3. The van der Waals surface area contributed by atoms with Crippen LogP contribution in [0.2, 0.25) is 0 Å². The van der Waals surface area contributed by atoms with Gasteiger partial charge >= 0.3 is 11.8 Å². The van der Waals surface area contributed by atoms with Crippen molar-refractivity contribution in [2.75, 3.05) is 11.9 Å². The van der Waals surface area contributed by atoms with Crippen molar-refractivity contribution >= 4 is 39.3 Å². The number of carboxylic acid groups (broad SMARTS) is 1. The van der Waals surface area contributed by atoms with Crippen molar-refractivity contribution in [3.8, 4) is 11.1 Å². The monoisotopic (exact) mass is 623 g/mol. The maximum atomic E-state index is 13.1. The van der Waals surface area contributed by atoms with Crippen LogP contribution in [0.25, 0.3) is 11.1 Å². The second-order valence-electron chi connectivity index (χ2n) is 11.6. The highest BCUT2D eigenvalue weighted by Gasteiger charge is 2.26. The molecule has 0 aromatic heterocycles. The Morgan fingerprint density at radius 2 is 1.57 bits per heavy atom. The van der Waals surface area contributed by atoms with Gasteiger partial charge in [0.2, 0.25) is 10.0 Å². The van der Waals surface area contributed by atoms with Crippen molar-refractivity contribution in [1.82, 2.24) is 9.62 Å². The highest BCUT2D eigenvalue weighted by molar-refractivity contribution is 7.89. The molecule has 0 saturated heterocycles. The van der Waals surface area contributed by atoms with Crippen LogP contribution in [-0.4, -0.2) is 54.1 Å². The van der Waals surface area contributed by atoms with Crippen LogP contribution in [0.3, 0.4) is 0 Å². The molecule has 6 N–H and O–H groups in total. The van der Waals surface area contributed by atoms with Gasteiger partial charge in [-0.25, -0.2) is 13.1 Å². The maximum Gasteiger partial charge on any atom is 0.313 e. The molecular formula is C32H41N5O6S. The van der Waals surface area contributed by atoms with E-state index in [0.29, 0.717) is 28.9 Å². The van der Waals surface area contributed by atoms with Crippen LogP contribution in [0.4, 0.5) is 5.69 Å². The molecule has 0 atom stereocenters.